The molecular weight excluding hydrogens is 438 g/mol. The van der Waals surface area contributed by atoms with Crippen molar-refractivity contribution in [2.24, 2.45) is 11.5 Å². The Hall–Kier alpha value is -3.71. The summed E-state index contributed by atoms with van der Waals surface area (Å²) in [6.07, 6.45) is -1.68. The highest BCUT2D eigenvalue weighted by Crippen LogP contribution is 2.12. The Balaban J connectivity index is 2.95. The highest BCUT2D eigenvalue weighted by molar-refractivity contribution is 5.94. The number of hydrogen-bond donors (Lipinski definition) is 8. The number of nitrogens with one attached hydrogen (secondary N) is 3. The number of carbonyl (C=O) groups excluding carboxylic acids is 4. The van der Waals surface area contributed by atoms with Gasteiger partial charge in [-0.2, -0.15) is 0 Å². The number of hydrogen-bond acceptors (Lipinski definition) is 8. The fourth-order valence-corrected chi connectivity index (χ4v) is 2.72. The van der Waals surface area contributed by atoms with Gasteiger partial charge in [0.05, 0.1) is 12.1 Å². The van der Waals surface area contributed by atoms with Gasteiger partial charge in [0.25, 0.3) is 0 Å². The number of phenolic OH excluding ortho intramolecular Hbond substituents is 1. The SMILES string of the molecule is CC(O)C(NC(=O)C(N)CCC(N)=O)C(=O)NC(Cc1ccc(O)cc1)C(=O)NCC(=O)O. The number of carboxylic acid groups (broad SMARTS) is 1. The van der Waals surface area contributed by atoms with Crippen LogP contribution in [0.5, 0.6) is 5.75 Å². The van der Waals surface area contributed by atoms with Gasteiger partial charge < -0.3 is 42.7 Å². The molecule has 0 radical (unpaired) electrons. The molecule has 13 nitrogen and oxygen atoms in total. The summed E-state index contributed by atoms with van der Waals surface area (Å²) in [5.74, 6) is -4.52. The molecule has 0 aliphatic rings. The number of rotatable bonds is 13. The van der Waals surface area contributed by atoms with Gasteiger partial charge in [-0.15, -0.1) is 0 Å². The summed E-state index contributed by atoms with van der Waals surface area (Å²) < 4.78 is 0. The highest BCUT2D eigenvalue weighted by Gasteiger charge is 2.31. The topological polar surface area (TPSA) is 234 Å². The normalized spacial score (nSPS) is 14.3. The molecule has 4 atom stereocenters. The Morgan fingerprint density at radius 1 is 1.00 bits per heavy atom. The van der Waals surface area contributed by atoms with Crippen molar-refractivity contribution >= 4 is 29.6 Å². The van der Waals surface area contributed by atoms with Gasteiger partial charge in [-0.05, 0) is 31.0 Å². The van der Waals surface area contributed by atoms with Gasteiger partial charge in [0, 0.05) is 12.8 Å². The van der Waals surface area contributed by atoms with E-state index in [-0.39, 0.29) is 25.0 Å². The molecule has 33 heavy (non-hydrogen) atoms. The third-order valence-electron chi connectivity index (χ3n) is 4.52. The van der Waals surface area contributed by atoms with Crippen LogP contribution in [0.4, 0.5) is 0 Å². The van der Waals surface area contributed by atoms with E-state index in [0.717, 1.165) is 0 Å². The summed E-state index contributed by atoms with van der Waals surface area (Å²) in [6.45, 7) is 0.547. The maximum absolute atomic E-state index is 12.8. The summed E-state index contributed by atoms with van der Waals surface area (Å²) >= 11 is 0. The fraction of sp³-hybridized carbons (Fsp3) is 0.450. The number of nitrogens with two attached hydrogens (primary N) is 2. The molecule has 4 amide bonds. The van der Waals surface area contributed by atoms with Crippen LogP contribution in [0, 0.1) is 0 Å². The van der Waals surface area contributed by atoms with Crippen LogP contribution in [0.1, 0.15) is 25.3 Å². The molecule has 0 saturated heterocycles. The number of aliphatic hydroxyl groups is 1. The van der Waals surface area contributed by atoms with Gasteiger partial charge in [0.2, 0.25) is 23.6 Å². The Labute approximate surface area is 189 Å². The van der Waals surface area contributed by atoms with Crippen LogP contribution >= 0.6 is 0 Å². The smallest absolute Gasteiger partial charge is 0.322 e. The van der Waals surface area contributed by atoms with Crippen LogP contribution < -0.4 is 27.4 Å². The molecule has 0 spiro atoms. The van der Waals surface area contributed by atoms with E-state index in [1.54, 1.807) is 0 Å². The third-order valence-corrected chi connectivity index (χ3v) is 4.52. The third kappa shape index (κ3) is 9.97. The Kier molecular flexibility index (Phi) is 10.7. The largest absolute Gasteiger partial charge is 0.508 e. The van der Waals surface area contributed by atoms with Crippen molar-refractivity contribution in [3.8, 4) is 5.75 Å². The molecule has 0 heterocycles. The molecule has 1 rings (SSSR count). The van der Waals surface area contributed by atoms with Crippen LogP contribution in [0.2, 0.25) is 0 Å². The van der Waals surface area contributed by atoms with E-state index in [0.29, 0.717) is 5.56 Å². The number of aliphatic carboxylic acids is 1. The predicted molar refractivity (Wildman–Crippen MR) is 114 cm³/mol. The van der Waals surface area contributed by atoms with Gasteiger partial charge in [-0.25, -0.2) is 0 Å². The first-order chi connectivity index (χ1) is 15.4. The standard InChI is InChI=1S/C20H29N5O8/c1-10(26)17(25-18(31)13(21)6-7-15(22)28)20(33)24-14(19(32)23-9-16(29)30)8-11-2-4-12(27)5-3-11/h2-5,10,13-14,17,26-27H,6-9,21H2,1H3,(H2,22,28)(H,23,32)(H,24,33)(H,25,31)(H,29,30). The number of aromatic hydroxyl groups is 1. The van der Waals surface area contributed by atoms with Crippen LogP contribution in [-0.4, -0.2) is 75.7 Å². The Morgan fingerprint density at radius 3 is 2.12 bits per heavy atom. The first-order valence-corrected chi connectivity index (χ1v) is 10.0. The number of amides is 4. The molecule has 13 heteroatoms. The van der Waals surface area contributed by atoms with E-state index in [9.17, 15) is 34.2 Å². The lowest BCUT2D eigenvalue weighted by Gasteiger charge is -2.25. The lowest BCUT2D eigenvalue weighted by Crippen LogP contribution is -2.59. The zero-order valence-electron chi connectivity index (χ0n) is 18.0. The number of carboxylic acids is 1. The van der Waals surface area contributed by atoms with Crippen molar-refractivity contribution in [1.29, 1.82) is 0 Å². The minimum absolute atomic E-state index is 0.0146. The van der Waals surface area contributed by atoms with E-state index in [1.165, 1.54) is 31.2 Å². The van der Waals surface area contributed by atoms with E-state index < -0.39 is 60.4 Å². The Morgan fingerprint density at radius 2 is 1.61 bits per heavy atom. The molecular formula is C20H29N5O8. The summed E-state index contributed by atoms with van der Waals surface area (Å²) in [4.78, 5) is 59.1. The fourth-order valence-electron chi connectivity index (χ4n) is 2.72. The second-order valence-electron chi connectivity index (χ2n) is 7.38. The quantitative estimate of drug-likeness (QED) is 0.148. The first-order valence-electron chi connectivity index (χ1n) is 10.0. The lowest BCUT2D eigenvalue weighted by molar-refractivity contribution is -0.138. The molecule has 0 aromatic heterocycles. The van der Waals surface area contributed by atoms with Crippen molar-refractivity contribution in [3.05, 3.63) is 29.8 Å². The van der Waals surface area contributed by atoms with Crippen LogP contribution in [0.3, 0.4) is 0 Å². The van der Waals surface area contributed by atoms with Gasteiger partial charge in [-0.3, -0.25) is 24.0 Å². The van der Waals surface area contributed by atoms with Gasteiger partial charge in [0.15, 0.2) is 0 Å². The lowest BCUT2D eigenvalue weighted by atomic mass is 10.0. The number of aliphatic hydroxyl groups excluding tert-OH is 1. The van der Waals surface area contributed by atoms with Crippen molar-refractivity contribution in [2.75, 3.05) is 6.54 Å². The average Bonchev–Trinajstić information content (AvgIpc) is 2.74. The molecule has 1 aromatic carbocycles. The number of primary amides is 1. The van der Waals surface area contributed by atoms with Crippen molar-refractivity contribution < 1.29 is 39.3 Å². The van der Waals surface area contributed by atoms with E-state index in [1.807, 2.05) is 0 Å². The second-order valence-corrected chi connectivity index (χ2v) is 7.38. The zero-order valence-corrected chi connectivity index (χ0v) is 18.0. The van der Waals surface area contributed by atoms with Crippen LogP contribution in [0.25, 0.3) is 0 Å². The highest BCUT2D eigenvalue weighted by atomic mass is 16.4. The minimum atomic E-state index is -1.49. The van der Waals surface area contributed by atoms with Crippen molar-refractivity contribution in [2.45, 2.75) is 50.4 Å². The van der Waals surface area contributed by atoms with Crippen molar-refractivity contribution in [1.82, 2.24) is 16.0 Å². The van der Waals surface area contributed by atoms with Crippen LogP contribution in [0.15, 0.2) is 24.3 Å². The maximum atomic E-state index is 12.8. The van der Waals surface area contributed by atoms with Crippen molar-refractivity contribution in [3.63, 3.8) is 0 Å². The van der Waals surface area contributed by atoms with E-state index in [4.69, 9.17) is 16.6 Å². The maximum Gasteiger partial charge on any atom is 0.322 e. The van der Waals surface area contributed by atoms with Crippen LogP contribution in [-0.2, 0) is 30.4 Å². The molecule has 0 aliphatic carbocycles. The van der Waals surface area contributed by atoms with Gasteiger partial charge in [-0.1, -0.05) is 12.1 Å². The van der Waals surface area contributed by atoms with E-state index >= 15 is 0 Å². The monoisotopic (exact) mass is 467 g/mol. The molecule has 4 unspecified atom stereocenters. The summed E-state index contributed by atoms with van der Waals surface area (Å²) in [5.41, 5.74) is 11.2. The second kappa shape index (κ2) is 13.0. The summed E-state index contributed by atoms with van der Waals surface area (Å²) in [7, 11) is 0. The predicted octanol–water partition coefficient (Wildman–Crippen LogP) is -2.92. The molecule has 0 bridgehead atoms. The summed E-state index contributed by atoms with van der Waals surface area (Å²) in [6, 6.07) is 1.83. The molecule has 182 valence electrons. The van der Waals surface area contributed by atoms with Gasteiger partial charge >= 0.3 is 5.97 Å². The average molecular weight is 467 g/mol. The number of carbonyl (C=O) groups is 5. The van der Waals surface area contributed by atoms with Gasteiger partial charge in [0.1, 0.15) is 24.4 Å². The Bertz CT molecular complexity index is 859. The minimum Gasteiger partial charge on any atom is -0.508 e. The molecule has 0 fully saturated rings. The molecule has 10 N–H and O–H groups in total. The van der Waals surface area contributed by atoms with E-state index in [2.05, 4.69) is 16.0 Å². The molecule has 0 aliphatic heterocycles. The zero-order chi connectivity index (χ0) is 25.1. The first kappa shape index (κ1) is 27.3. The number of phenols is 1. The summed E-state index contributed by atoms with van der Waals surface area (Å²) in [5, 5.41) is 35.0. The number of benzene rings is 1. The molecule has 0 saturated carbocycles. The molecule has 1 aromatic rings.